The molecule has 0 spiro atoms. The Hall–Kier alpha value is -2.99. The van der Waals surface area contributed by atoms with E-state index in [1.807, 2.05) is 43.3 Å². The van der Waals surface area contributed by atoms with Crippen molar-refractivity contribution in [2.45, 2.75) is 26.6 Å². The van der Waals surface area contributed by atoms with Gasteiger partial charge >= 0.3 is 0 Å². The second-order valence-corrected chi connectivity index (χ2v) is 6.71. The Balaban J connectivity index is 1.77. The molecule has 0 radical (unpaired) electrons. The van der Waals surface area contributed by atoms with Crippen molar-refractivity contribution in [2.75, 3.05) is 13.6 Å². The standard InChI is InChI=1S/C22H24FN3O2/c1-3-25(2)22(27)20-16-28-21(24-20)15-26(13-17-8-5-4-6-9-17)14-18-10-7-11-19(23)12-18/h4-12,16H,3,13-15H2,1-2H3. The van der Waals surface area contributed by atoms with Crippen LogP contribution in [0.1, 0.15) is 34.4 Å². The molecule has 1 heterocycles. The molecule has 0 fully saturated rings. The molecule has 3 rings (SSSR count). The lowest BCUT2D eigenvalue weighted by Crippen LogP contribution is -2.26. The Labute approximate surface area is 164 Å². The number of benzene rings is 2. The van der Waals surface area contributed by atoms with Crippen molar-refractivity contribution in [2.24, 2.45) is 0 Å². The number of amides is 1. The molecule has 6 heteroatoms. The molecule has 0 unspecified atom stereocenters. The quantitative estimate of drug-likeness (QED) is 0.589. The second kappa shape index (κ2) is 9.28. The van der Waals surface area contributed by atoms with Crippen LogP contribution in [0.4, 0.5) is 4.39 Å². The van der Waals surface area contributed by atoms with E-state index < -0.39 is 0 Å². The molecule has 3 aromatic rings. The number of rotatable bonds is 8. The van der Waals surface area contributed by atoms with Crippen molar-refractivity contribution < 1.29 is 13.6 Å². The van der Waals surface area contributed by atoms with Gasteiger partial charge in [-0.3, -0.25) is 9.69 Å². The molecule has 0 atom stereocenters. The van der Waals surface area contributed by atoms with Gasteiger partial charge in [-0.25, -0.2) is 9.37 Å². The maximum Gasteiger partial charge on any atom is 0.275 e. The minimum absolute atomic E-state index is 0.169. The summed E-state index contributed by atoms with van der Waals surface area (Å²) in [5.41, 5.74) is 2.29. The van der Waals surface area contributed by atoms with E-state index in [2.05, 4.69) is 9.88 Å². The third-order valence-corrected chi connectivity index (χ3v) is 4.49. The van der Waals surface area contributed by atoms with Crippen LogP contribution in [0.15, 0.2) is 65.3 Å². The van der Waals surface area contributed by atoms with Gasteiger partial charge in [0.15, 0.2) is 5.69 Å². The number of halogens is 1. The van der Waals surface area contributed by atoms with E-state index in [0.29, 0.717) is 37.8 Å². The number of hydrogen-bond acceptors (Lipinski definition) is 4. The molecule has 0 bridgehead atoms. The largest absolute Gasteiger partial charge is 0.447 e. The van der Waals surface area contributed by atoms with Gasteiger partial charge in [0.25, 0.3) is 5.91 Å². The van der Waals surface area contributed by atoms with Crippen LogP contribution in [-0.4, -0.2) is 34.3 Å². The van der Waals surface area contributed by atoms with Crippen LogP contribution in [0, 0.1) is 5.82 Å². The average molecular weight is 381 g/mol. The van der Waals surface area contributed by atoms with Crippen LogP contribution in [-0.2, 0) is 19.6 Å². The van der Waals surface area contributed by atoms with Crippen molar-refractivity contribution in [1.82, 2.24) is 14.8 Å². The average Bonchev–Trinajstić information content (AvgIpc) is 3.16. The Kier molecular flexibility index (Phi) is 6.55. The summed E-state index contributed by atoms with van der Waals surface area (Å²) in [5, 5.41) is 0. The number of hydrogen-bond donors (Lipinski definition) is 0. The topological polar surface area (TPSA) is 49.6 Å². The normalized spacial score (nSPS) is 11.0. The highest BCUT2D eigenvalue weighted by Gasteiger charge is 2.17. The highest BCUT2D eigenvalue weighted by molar-refractivity contribution is 5.91. The summed E-state index contributed by atoms with van der Waals surface area (Å²) in [7, 11) is 1.72. The van der Waals surface area contributed by atoms with Crippen molar-refractivity contribution in [3.63, 3.8) is 0 Å². The molecule has 0 N–H and O–H groups in total. The highest BCUT2D eigenvalue weighted by atomic mass is 19.1. The van der Waals surface area contributed by atoms with Crippen molar-refractivity contribution in [3.05, 3.63) is 89.4 Å². The summed E-state index contributed by atoms with van der Waals surface area (Å²) < 4.78 is 19.1. The fourth-order valence-electron chi connectivity index (χ4n) is 2.92. The molecule has 0 saturated carbocycles. The third-order valence-electron chi connectivity index (χ3n) is 4.49. The lowest BCUT2D eigenvalue weighted by Gasteiger charge is -2.21. The number of oxazole rings is 1. The molecule has 1 amide bonds. The van der Waals surface area contributed by atoms with E-state index in [4.69, 9.17) is 4.42 Å². The number of carbonyl (C=O) groups excluding carboxylic acids is 1. The van der Waals surface area contributed by atoms with Gasteiger partial charge in [0.05, 0.1) is 6.54 Å². The molecule has 5 nitrogen and oxygen atoms in total. The molecule has 0 aliphatic rings. The first-order valence-corrected chi connectivity index (χ1v) is 9.25. The molecular weight excluding hydrogens is 357 g/mol. The summed E-state index contributed by atoms with van der Waals surface area (Å²) in [4.78, 5) is 20.3. The first kappa shape index (κ1) is 19.8. The summed E-state index contributed by atoms with van der Waals surface area (Å²) >= 11 is 0. The van der Waals surface area contributed by atoms with Crippen molar-refractivity contribution >= 4 is 5.91 Å². The van der Waals surface area contributed by atoms with E-state index in [9.17, 15) is 9.18 Å². The van der Waals surface area contributed by atoms with Crippen molar-refractivity contribution in [1.29, 1.82) is 0 Å². The van der Waals surface area contributed by atoms with E-state index in [1.54, 1.807) is 18.0 Å². The molecule has 28 heavy (non-hydrogen) atoms. The van der Waals surface area contributed by atoms with E-state index in [1.165, 1.54) is 18.4 Å². The van der Waals surface area contributed by atoms with Gasteiger partial charge in [0, 0.05) is 26.7 Å². The Morgan fingerprint density at radius 3 is 2.46 bits per heavy atom. The number of aromatic nitrogens is 1. The highest BCUT2D eigenvalue weighted by Crippen LogP contribution is 2.15. The molecule has 0 aliphatic carbocycles. The van der Waals surface area contributed by atoms with Crippen LogP contribution in [0.25, 0.3) is 0 Å². The monoisotopic (exact) mass is 381 g/mol. The predicted molar refractivity (Wildman–Crippen MR) is 105 cm³/mol. The zero-order valence-corrected chi connectivity index (χ0v) is 16.1. The van der Waals surface area contributed by atoms with Gasteiger partial charge in [-0.1, -0.05) is 42.5 Å². The maximum absolute atomic E-state index is 13.6. The zero-order chi connectivity index (χ0) is 19.9. The lowest BCUT2D eigenvalue weighted by atomic mass is 10.1. The third kappa shape index (κ3) is 5.27. The minimum Gasteiger partial charge on any atom is -0.447 e. The van der Waals surface area contributed by atoms with Crippen LogP contribution in [0.2, 0.25) is 0 Å². The summed E-state index contributed by atoms with van der Waals surface area (Å²) in [6.07, 6.45) is 1.40. The van der Waals surface area contributed by atoms with Gasteiger partial charge in [0.2, 0.25) is 5.89 Å². The predicted octanol–water partition coefficient (Wildman–Crippen LogP) is 4.11. The number of carbonyl (C=O) groups is 1. The Morgan fingerprint density at radius 1 is 1.04 bits per heavy atom. The lowest BCUT2D eigenvalue weighted by molar-refractivity contribution is 0.0796. The Morgan fingerprint density at radius 2 is 1.75 bits per heavy atom. The summed E-state index contributed by atoms with van der Waals surface area (Å²) in [6, 6.07) is 16.6. The molecular formula is C22H24FN3O2. The second-order valence-electron chi connectivity index (χ2n) is 6.71. The first-order valence-electron chi connectivity index (χ1n) is 9.25. The van der Waals surface area contributed by atoms with Crippen LogP contribution < -0.4 is 0 Å². The molecule has 1 aromatic heterocycles. The van der Waals surface area contributed by atoms with Gasteiger partial charge in [-0.05, 0) is 30.2 Å². The van der Waals surface area contributed by atoms with Crippen molar-refractivity contribution in [3.8, 4) is 0 Å². The SMILES string of the molecule is CCN(C)C(=O)c1coc(CN(Cc2ccccc2)Cc2cccc(F)c2)n1. The summed E-state index contributed by atoms with van der Waals surface area (Å²) in [5.74, 6) is 0.0289. The molecule has 0 aliphatic heterocycles. The maximum atomic E-state index is 13.6. The minimum atomic E-state index is -0.260. The first-order chi connectivity index (χ1) is 13.5. The van der Waals surface area contributed by atoms with Gasteiger partial charge in [-0.2, -0.15) is 0 Å². The van der Waals surface area contributed by atoms with Gasteiger partial charge in [-0.15, -0.1) is 0 Å². The van der Waals surface area contributed by atoms with Crippen LogP contribution >= 0.6 is 0 Å². The molecule has 2 aromatic carbocycles. The van der Waals surface area contributed by atoms with E-state index in [-0.39, 0.29) is 11.7 Å². The fraction of sp³-hybridized carbons (Fsp3) is 0.273. The fourth-order valence-corrected chi connectivity index (χ4v) is 2.92. The summed E-state index contributed by atoms with van der Waals surface area (Å²) in [6.45, 7) is 4.10. The van der Waals surface area contributed by atoms with Crippen LogP contribution in [0.5, 0.6) is 0 Å². The smallest absolute Gasteiger partial charge is 0.275 e. The van der Waals surface area contributed by atoms with E-state index >= 15 is 0 Å². The van der Waals surface area contributed by atoms with E-state index in [0.717, 1.165) is 11.1 Å². The molecule has 146 valence electrons. The van der Waals surface area contributed by atoms with Crippen LogP contribution in [0.3, 0.4) is 0 Å². The zero-order valence-electron chi connectivity index (χ0n) is 16.1. The van der Waals surface area contributed by atoms with Gasteiger partial charge < -0.3 is 9.32 Å². The molecule has 0 saturated heterocycles. The van der Waals surface area contributed by atoms with Gasteiger partial charge in [0.1, 0.15) is 12.1 Å². The Bertz CT molecular complexity index is 911. The number of nitrogens with zero attached hydrogens (tertiary/aromatic N) is 3.